The largest absolute Gasteiger partial charge is 0.497 e. The molecule has 0 fully saturated rings. The number of anilines is 2. The molecule has 2 N–H and O–H groups in total. The van der Waals surface area contributed by atoms with Crippen LogP contribution in [0.25, 0.3) is 0 Å². The smallest absolute Gasteiger partial charge is 0.267 e. The van der Waals surface area contributed by atoms with Crippen molar-refractivity contribution in [2.24, 2.45) is 0 Å². The zero-order valence-electron chi connectivity index (χ0n) is 14.6. The minimum absolute atomic E-state index is 0.266. The molecule has 0 unspecified atom stereocenters. The molecule has 3 aromatic rings. The number of benzene rings is 2. The molecule has 6 nitrogen and oxygen atoms in total. The van der Waals surface area contributed by atoms with Crippen LogP contribution in [0.5, 0.6) is 5.75 Å². The molecule has 2 amide bonds. The monoisotopic (exact) mass is 445 g/mol. The average molecular weight is 446 g/mol. The maximum atomic E-state index is 12.5. The molecule has 0 saturated heterocycles. The highest BCUT2D eigenvalue weighted by molar-refractivity contribution is 9.10. The van der Waals surface area contributed by atoms with Gasteiger partial charge < -0.3 is 10.1 Å². The number of hydrogen-bond donors (Lipinski definition) is 2. The molecule has 0 aliphatic rings. The highest BCUT2D eigenvalue weighted by Crippen LogP contribution is 2.25. The van der Waals surface area contributed by atoms with Crippen LogP contribution in [0.1, 0.15) is 25.7 Å². The number of hydrogen-bond acceptors (Lipinski definition) is 5. The first kappa shape index (κ1) is 19.1. The van der Waals surface area contributed by atoms with E-state index in [-0.39, 0.29) is 11.8 Å². The molecule has 0 atom stereocenters. The van der Waals surface area contributed by atoms with Crippen LogP contribution in [0, 0.1) is 6.92 Å². The van der Waals surface area contributed by atoms with E-state index in [0.29, 0.717) is 32.7 Å². The second-order valence-corrected chi connectivity index (χ2v) is 7.49. The Balaban J connectivity index is 1.70. The van der Waals surface area contributed by atoms with Crippen LogP contribution in [0.2, 0.25) is 0 Å². The summed E-state index contributed by atoms with van der Waals surface area (Å²) in [5, 5.41) is 5.92. The molecule has 0 bridgehead atoms. The maximum Gasteiger partial charge on any atom is 0.267 e. The van der Waals surface area contributed by atoms with E-state index < -0.39 is 0 Å². The molecule has 2 aromatic carbocycles. The number of thiazole rings is 1. The van der Waals surface area contributed by atoms with Crippen molar-refractivity contribution < 1.29 is 14.3 Å². The number of ether oxygens (including phenoxy) is 1. The van der Waals surface area contributed by atoms with Crippen molar-refractivity contribution in [2.45, 2.75) is 6.92 Å². The number of amides is 2. The number of methoxy groups -OCH3 is 1. The summed E-state index contributed by atoms with van der Waals surface area (Å²) in [6.45, 7) is 1.73. The Labute approximate surface area is 168 Å². The van der Waals surface area contributed by atoms with Crippen molar-refractivity contribution in [2.75, 3.05) is 17.7 Å². The van der Waals surface area contributed by atoms with E-state index in [1.54, 1.807) is 50.4 Å². The summed E-state index contributed by atoms with van der Waals surface area (Å²) in [6, 6.07) is 14.0. The van der Waals surface area contributed by atoms with Gasteiger partial charge in [-0.15, -0.1) is 0 Å². The molecule has 0 saturated carbocycles. The van der Waals surface area contributed by atoms with Crippen molar-refractivity contribution in [3.63, 3.8) is 0 Å². The number of nitrogens with one attached hydrogen (secondary N) is 2. The molecule has 0 aliphatic heterocycles. The third kappa shape index (κ3) is 4.72. The van der Waals surface area contributed by atoms with Gasteiger partial charge in [-0.25, -0.2) is 4.98 Å². The molecular weight excluding hydrogens is 430 g/mol. The van der Waals surface area contributed by atoms with Gasteiger partial charge in [0.2, 0.25) is 0 Å². The molecule has 8 heteroatoms. The first-order valence-corrected chi connectivity index (χ1v) is 9.57. The molecule has 0 aliphatic carbocycles. The normalized spacial score (nSPS) is 10.3. The Morgan fingerprint density at radius 2 is 1.67 bits per heavy atom. The van der Waals surface area contributed by atoms with Crippen molar-refractivity contribution in [3.05, 3.63) is 69.1 Å². The molecule has 138 valence electrons. The van der Waals surface area contributed by atoms with E-state index in [1.807, 2.05) is 12.1 Å². The molecule has 1 heterocycles. The minimum Gasteiger partial charge on any atom is -0.497 e. The summed E-state index contributed by atoms with van der Waals surface area (Å²) < 4.78 is 6.01. The van der Waals surface area contributed by atoms with E-state index in [9.17, 15) is 9.59 Å². The first-order chi connectivity index (χ1) is 13.0. The lowest BCUT2D eigenvalue weighted by atomic mass is 10.2. The summed E-state index contributed by atoms with van der Waals surface area (Å²) >= 11 is 4.49. The zero-order valence-corrected chi connectivity index (χ0v) is 17.0. The fourth-order valence-corrected chi connectivity index (χ4v) is 3.41. The van der Waals surface area contributed by atoms with E-state index in [1.165, 1.54) is 0 Å². The number of carbonyl (C=O) groups is 2. The fraction of sp³-hybridized carbons (Fsp3) is 0.105. The maximum absolute atomic E-state index is 12.5. The van der Waals surface area contributed by atoms with Crippen molar-refractivity contribution in [1.29, 1.82) is 0 Å². The van der Waals surface area contributed by atoms with Crippen LogP contribution < -0.4 is 15.4 Å². The SMILES string of the molecule is COc1ccc(C(=O)Nc2nc(C)c(C(=O)Nc3ccc(Br)cc3)s2)cc1. The summed E-state index contributed by atoms with van der Waals surface area (Å²) in [5.74, 6) is 0.104. The predicted octanol–water partition coefficient (Wildman–Crippen LogP) is 4.73. The summed E-state index contributed by atoms with van der Waals surface area (Å²) in [5.41, 5.74) is 1.71. The Morgan fingerprint density at radius 1 is 1.00 bits per heavy atom. The second kappa shape index (κ2) is 8.32. The van der Waals surface area contributed by atoms with Gasteiger partial charge in [0.15, 0.2) is 5.13 Å². The van der Waals surface area contributed by atoms with E-state index >= 15 is 0 Å². The first-order valence-electron chi connectivity index (χ1n) is 7.96. The Bertz CT molecular complexity index is 969. The minimum atomic E-state index is -0.300. The number of aryl methyl sites for hydroxylation is 1. The lowest BCUT2D eigenvalue weighted by Gasteiger charge is -2.04. The predicted molar refractivity (Wildman–Crippen MR) is 110 cm³/mol. The van der Waals surface area contributed by atoms with Crippen LogP contribution in [0.3, 0.4) is 0 Å². The molecule has 0 radical (unpaired) electrons. The van der Waals surface area contributed by atoms with Gasteiger partial charge in [-0.3, -0.25) is 14.9 Å². The van der Waals surface area contributed by atoms with Crippen LogP contribution >= 0.6 is 27.3 Å². The Hall–Kier alpha value is -2.71. The van der Waals surface area contributed by atoms with Gasteiger partial charge in [-0.1, -0.05) is 27.3 Å². The van der Waals surface area contributed by atoms with Crippen molar-refractivity contribution in [1.82, 2.24) is 4.98 Å². The number of carbonyl (C=O) groups excluding carboxylic acids is 2. The van der Waals surface area contributed by atoms with Gasteiger partial charge in [0.1, 0.15) is 10.6 Å². The number of aromatic nitrogens is 1. The quantitative estimate of drug-likeness (QED) is 0.594. The third-order valence-electron chi connectivity index (χ3n) is 3.68. The lowest BCUT2D eigenvalue weighted by molar-refractivity contribution is 0.102. The van der Waals surface area contributed by atoms with Gasteiger partial charge in [0, 0.05) is 15.7 Å². The average Bonchev–Trinajstić information content (AvgIpc) is 3.04. The summed E-state index contributed by atoms with van der Waals surface area (Å²) in [7, 11) is 1.56. The van der Waals surface area contributed by atoms with Gasteiger partial charge in [-0.2, -0.15) is 0 Å². The van der Waals surface area contributed by atoms with Crippen LogP contribution in [-0.4, -0.2) is 23.9 Å². The highest BCUT2D eigenvalue weighted by Gasteiger charge is 2.17. The number of halogens is 1. The highest BCUT2D eigenvalue weighted by atomic mass is 79.9. The number of nitrogens with zero attached hydrogens (tertiary/aromatic N) is 1. The van der Waals surface area contributed by atoms with Crippen LogP contribution in [0.4, 0.5) is 10.8 Å². The third-order valence-corrected chi connectivity index (χ3v) is 5.28. The Kier molecular flexibility index (Phi) is 5.88. The topological polar surface area (TPSA) is 80.3 Å². The lowest BCUT2D eigenvalue weighted by Crippen LogP contribution is -2.11. The van der Waals surface area contributed by atoms with E-state index in [0.717, 1.165) is 15.8 Å². The van der Waals surface area contributed by atoms with E-state index in [4.69, 9.17) is 4.74 Å². The van der Waals surface area contributed by atoms with Gasteiger partial charge >= 0.3 is 0 Å². The van der Waals surface area contributed by atoms with Crippen LogP contribution in [0.15, 0.2) is 53.0 Å². The molecule has 0 spiro atoms. The molecular formula is C19H16BrN3O3S. The van der Waals surface area contributed by atoms with Crippen LogP contribution in [-0.2, 0) is 0 Å². The summed E-state index contributed by atoms with van der Waals surface area (Å²) in [4.78, 5) is 29.5. The Morgan fingerprint density at radius 3 is 2.30 bits per heavy atom. The van der Waals surface area contributed by atoms with Crippen molar-refractivity contribution in [3.8, 4) is 5.75 Å². The molecule has 1 aromatic heterocycles. The van der Waals surface area contributed by atoms with Gasteiger partial charge in [-0.05, 0) is 55.5 Å². The van der Waals surface area contributed by atoms with Gasteiger partial charge in [0.25, 0.3) is 11.8 Å². The molecule has 3 rings (SSSR count). The van der Waals surface area contributed by atoms with E-state index in [2.05, 4.69) is 31.5 Å². The summed E-state index contributed by atoms with van der Waals surface area (Å²) in [6.07, 6.45) is 0. The standard InChI is InChI=1S/C19H16BrN3O3S/c1-11-16(18(25)22-14-7-5-13(20)6-8-14)27-19(21-11)23-17(24)12-3-9-15(26-2)10-4-12/h3-10H,1-2H3,(H,22,25)(H,21,23,24). The molecule has 27 heavy (non-hydrogen) atoms. The number of rotatable bonds is 5. The fourth-order valence-electron chi connectivity index (χ4n) is 2.29. The van der Waals surface area contributed by atoms with Crippen molar-refractivity contribution >= 4 is 49.9 Å². The van der Waals surface area contributed by atoms with Gasteiger partial charge in [0.05, 0.1) is 12.8 Å². The zero-order chi connectivity index (χ0) is 19.4. The second-order valence-electron chi connectivity index (χ2n) is 5.58.